The van der Waals surface area contributed by atoms with Crippen molar-refractivity contribution in [1.29, 1.82) is 0 Å². The molecule has 1 rings (SSSR count). The molecule has 0 aliphatic rings. The van der Waals surface area contributed by atoms with E-state index in [2.05, 4.69) is 54.8 Å². The molecule has 0 saturated carbocycles. The van der Waals surface area contributed by atoms with Crippen molar-refractivity contribution in [1.82, 2.24) is 0 Å². The normalized spacial score (nSPS) is 10.3. The number of rotatable bonds is 2. The molecule has 0 aliphatic heterocycles. The summed E-state index contributed by atoms with van der Waals surface area (Å²) in [5.41, 5.74) is 2.96. The summed E-state index contributed by atoms with van der Waals surface area (Å²) in [4.78, 5) is 1.43. The largest absolute Gasteiger partial charge is 0.129 e. The van der Waals surface area contributed by atoms with Gasteiger partial charge in [0.05, 0.1) is 0 Å². The lowest BCUT2D eigenvalue weighted by Crippen LogP contribution is -1.92. The predicted molar refractivity (Wildman–Crippen MR) is 65.1 cm³/mol. The molecule has 0 aromatic heterocycles. The van der Waals surface area contributed by atoms with E-state index in [1.165, 1.54) is 19.6 Å². The first-order valence-electron chi connectivity index (χ1n) is 4.02. The zero-order valence-corrected chi connectivity index (χ0v) is 10.6. The van der Waals surface area contributed by atoms with Gasteiger partial charge in [-0.2, -0.15) is 0 Å². The second kappa shape index (κ2) is 4.51. The molecule has 0 aliphatic carbocycles. The van der Waals surface area contributed by atoms with Crippen molar-refractivity contribution in [3.63, 3.8) is 0 Å². The maximum Gasteiger partial charge on any atom is 0.0163 e. The second-order valence-electron chi connectivity index (χ2n) is 2.71. The molecule has 0 heterocycles. The Bertz CT molecular complexity index is 281. The molecule has 0 fully saturated rings. The molecular weight excluding hydrogens is 279 g/mol. The van der Waals surface area contributed by atoms with Crippen molar-refractivity contribution in [3.8, 4) is 0 Å². The minimum Gasteiger partial charge on any atom is -0.129 e. The van der Waals surface area contributed by atoms with Gasteiger partial charge in [0, 0.05) is 8.47 Å². The van der Waals surface area contributed by atoms with E-state index in [4.69, 9.17) is 0 Å². The minimum atomic E-state index is 1.14. The van der Waals surface area contributed by atoms with E-state index in [9.17, 15) is 0 Å². The van der Waals surface area contributed by atoms with Gasteiger partial charge in [-0.1, -0.05) is 6.92 Å². The maximum atomic E-state index is 2.40. The maximum absolute atomic E-state index is 2.40. The standard InChI is InChI=1S/C10H13IS/c1-4-8-7(2)9(11)5-6-10(8)12-3/h5-6H,4H2,1-3H3. The SMILES string of the molecule is CCc1c(SC)ccc(I)c1C. The summed E-state index contributed by atoms with van der Waals surface area (Å²) in [6.45, 7) is 4.43. The van der Waals surface area contributed by atoms with Gasteiger partial charge in [-0.25, -0.2) is 0 Å². The van der Waals surface area contributed by atoms with E-state index >= 15 is 0 Å². The van der Waals surface area contributed by atoms with Crippen LogP contribution in [0, 0.1) is 10.5 Å². The molecule has 66 valence electrons. The fourth-order valence-corrected chi connectivity index (χ4v) is 2.59. The fourth-order valence-electron chi connectivity index (χ4n) is 1.33. The van der Waals surface area contributed by atoms with Crippen LogP contribution in [0.25, 0.3) is 0 Å². The molecule has 0 atom stereocenters. The number of hydrogen-bond acceptors (Lipinski definition) is 1. The van der Waals surface area contributed by atoms with Crippen molar-refractivity contribution in [2.45, 2.75) is 25.2 Å². The first-order chi connectivity index (χ1) is 5.70. The van der Waals surface area contributed by atoms with Crippen molar-refractivity contribution >= 4 is 34.4 Å². The molecule has 0 saturated heterocycles. The Kier molecular flexibility index (Phi) is 3.90. The summed E-state index contributed by atoms with van der Waals surface area (Å²) in [5, 5.41) is 0. The lowest BCUT2D eigenvalue weighted by atomic mass is 10.1. The molecule has 0 nitrogen and oxygen atoms in total. The van der Waals surface area contributed by atoms with Gasteiger partial charge in [-0.15, -0.1) is 11.8 Å². The quantitative estimate of drug-likeness (QED) is 0.589. The average Bonchev–Trinajstić information content (AvgIpc) is 2.09. The molecule has 0 radical (unpaired) electrons. The first kappa shape index (κ1) is 10.4. The van der Waals surface area contributed by atoms with Crippen LogP contribution in [0.2, 0.25) is 0 Å². The lowest BCUT2D eigenvalue weighted by Gasteiger charge is -2.09. The van der Waals surface area contributed by atoms with Crippen LogP contribution in [0.4, 0.5) is 0 Å². The molecule has 0 bridgehead atoms. The Morgan fingerprint density at radius 3 is 2.58 bits per heavy atom. The van der Waals surface area contributed by atoms with E-state index in [1.54, 1.807) is 0 Å². The topological polar surface area (TPSA) is 0 Å². The second-order valence-corrected chi connectivity index (χ2v) is 4.72. The highest BCUT2D eigenvalue weighted by atomic mass is 127. The Hall–Kier alpha value is 0.300. The highest BCUT2D eigenvalue weighted by molar-refractivity contribution is 14.1. The number of thioether (sulfide) groups is 1. The smallest absolute Gasteiger partial charge is 0.0163 e. The van der Waals surface area contributed by atoms with Gasteiger partial charge in [0.1, 0.15) is 0 Å². The van der Waals surface area contributed by atoms with Crippen LogP contribution in [0.3, 0.4) is 0 Å². The number of halogens is 1. The van der Waals surface area contributed by atoms with E-state index < -0.39 is 0 Å². The monoisotopic (exact) mass is 292 g/mol. The van der Waals surface area contributed by atoms with Crippen LogP contribution in [0.15, 0.2) is 17.0 Å². The summed E-state index contributed by atoms with van der Waals surface area (Å²) < 4.78 is 1.38. The van der Waals surface area contributed by atoms with Crippen LogP contribution in [0.1, 0.15) is 18.1 Å². The zero-order valence-electron chi connectivity index (χ0n) is 7.65. The van der Waals surface area contributed by atoms with Crippen LogP contribution < -0.4 is 0 Å². The van der Waals surface area contributed by atoms with Crippen LogP contribution in [-0.4, -0.2) is 6.26 Å². The average molecular weight is 292 g/mol. The lowest BCUT2D eigenvalue weighted by molar-refractivity contribution is 1.05. The third kappa shape index (κ3) is 1.96. The molecule has 12 heavy (non-hydrogen) atoms. The highest BCUT2D eigenvalue weighted by Gasteiger charge is 2.05. The highest BCUT2D eigenvalue weighted by Crippen LogP contribution is 2.26. The van der Waals surface area contributed by atoms with Gasteiger partial charge >= 0.3 is 0 Å². The van der Waals surface area contributed by atoms with Crippen molar-refractivity contribution in [3.05, 3.63) is 26.8 Å². The Balaban J connectivity index is 3.25. The summed E-state index contributed by atoms with van der Waals surface area (Å²) >= 11 is 4.24. The van der Waals surface area contributed by atoms with Gasteiger partial charge < -0.3 is 0 Å². The van der Waals surface area contributed by atoms with Crippen molar-refractivity contribution < 1.29 is 0 Å². The third-order valence-corrected chi connectivity index (χ3v) is 4.05. The van der Waals surface area contributed by atoms with Crippen LogP contribution in [-0.2, 0) is 6.42 Å². The molecule has 0 spiro atoms. The predicted octanol–water partition coefficient (Wildman–Crippen LogP) is 3.88. The van der Waals surface area contributed by atoms with Crippen molar-refractivity contribution in [2.75, 3.05) is 6.26 Å². The Morgan fingerprint density at radius 2 is 2.08 bits per heavy atom. The molecule has 0 unspecified atom stereocenters. The van der Waals surface area contributed by atoms with E-state index in [-0.39, 0.29) is 0 Å². The summed E-state index contributed by atoms with van der Waals surface area (Å²) in [7, 11) is 0. The van der Waals surface area contributed by atoms with Gasteiger partial charge in [-0.3, -0.25) is 0 Å². The minimum absolute atomic E-state index is 1.14. The molecule has 0 amide bonds. The van der Waals surface area contributed by atoms with Gasteiger partial charge in [0.15, 0.2) is 0 Å². The summed E-state index contributed by atoms with van der Waals surface area (Å²) in [6.07, 6.45) is 3.28. The molecule has 2 heteroatoms. The van der Waals surface area contributed by atoms with E-state index in [1.807, 2.05) is 11.8 Å². The van der Waals surface area contributed by atoms with Crippen molar-refractivity contribution in [2.24, 2.45) is 0 Å². The number of hydrogen-bond donors (Lipinski definition) is 0. The number of benzene rings is 1. The van der Waals surface area contributed by atoms with Crippen LogP contribution >= 0.6 is 34.4 Å². The van der Waals surface area contributed by atoms with Gasteiger partial charge in [0.2, 0.25) is 0 Å². The fraction of sp³-hybridized carbons (Fsp3) is 0.400. The van der Waals surface area contributed by atoms with Crippen LogP contribution in [0.5, 0.6) is 0 Å². The third-order valence-electron chi connectivity index (χ3n) is 2.06. The summed E-state index contributed by atoms with van der Waals surface area (Å²) in [5.74, 6) is 0. The molecule has 1 aromatic carbocycles. The first-order valence-corrected chi connectivity index (χ1v) is 6.33. The molecular formula is C10H13IS. The van der Waals surface area contributed by atoms with E-state index in [0.29, 0.717) is 0 Å². The van der Waals surface area contributed by atoms with Gasteiger partial charge in [-0.05, 0) is 65.5 Å². The summed E-state index contributed by atoms with van der Waals surface area (Å²) in [6, 6.07) is 4.42. The Labute approximate surface area is 92.3 Å². The van der Waals surface area contributed by atoms with E-state index in [0.717, 1.165) is 6.42 Å². The van der Waals surface area contributed by atoms with Gasteiger partial charge in [0.25, 0.3) is 0 Å². The molecule has 1 aromatic rings. The zero-order chi connectivity index (χ0) is 9.14. The molecule has 0 N–H and O–H groups in total. The Morgan fingerprint density at radius 1 is 1.42 bits per heavy atom.